The number of fused-ring (bicyclic) bond motifs is 1. The molecule has 1 atom stereocenters. The normalized spacial score (nSPS) is 16.3. The van der Waals surface area contributed by atoms with Gasteiger partial charge in [0.25, 0.3) is 0 Å². The van der Waals surface area contributed by atoms with Gasteiger partial charge in [-0.2, -0.15) is 16.9 Å². The highest BCUT2D eigenvalue weighted by atomic mass is 32.2. The van der Waals surface area contributed by atoms with Crippen molar-refractivity contribution in [1.82, 2.24) is 9.78 Å². The van der Waals surface area contributed by atoms with Gasteiger partial charge in [0.15, 0.2) is 6.04 Å². The first-order valence-electron chi connectivity index (χ1n) is 4.81. The van der Waals surface area contributed by atoms with E-state index in [4.69, 9.17) is 10.8 Å². The van der Waals surface area contributed by atoms with E-state index < -0.39 is 12.0 Å². The monoisotopic (exact) mass is 227 g/mol. The second kappa shape index (κ2) is 3.77. The second-order valence-corrected chi connectivity index (χ2v) is 4.50. The Morgan fingerprint density at radius 2 is 2.47 bits per heavy atom. The molecule has 1 aromatic heterocycles. The van der Waals surface area contributed by atoms with Crippen molar-refractivity contribution < 1.29 is 9.90 Å². The van der Waals surface area contributed by atoms with Gasteiger partial charge in [0.05, 0.1) is 5.69 Å². The quantitative estimate of drug-likeness (QED) is 0.812. The van der Waals surface area contributed by atoms with Crippen LogP contribution in [0.1, 0.15) is 30.6 Å². The van der Waals surface area contributed by atoms with Gasteiger partial charge in [-0.1, -0.05) is 6.92 Å². The number of nitrogens with zero attached hydrogens (tertiary/aromatic N) is 2. The summed E-state index contributed by atoms with van der Waals surface area (Å²) in [5.74, 6) is 1.32. The molecule has 82 valence electrons. The van der Waals surface area contributed by atoms with Gasteiger partial charge in [-0.3, -0.25) is 0 Å². The van der Waals surface area contributed by atoms with Crippen molar-refractivity contribution in [3.8, 4) is 0 Å². The Morgan fingerprint density at radius 3 is 3.00 bits per heavy atom. The summed E-state index contributed by atoms with van der Waals surface area (Å²) in [6.45, 7) is 1.82. The molecule has 0 bridgehead atoms. The summed E-state index contributed by atoms with van der Waals surface area (Å²) in [4.78, 5) is 11.0. The zero-order valence-electron chi connectivity index (χ0n) is 8.43. The Labute approximate surface area is 91.6 Å². The van der Waals surface area contributed by atoms with E-state index in [-0.39, 0.29) is 0 Å². The minimum Gasteiger partial charge on any atom is -0.480 e. The Bertz CT molecular complexity index is 402. The molecule has 15 heavy (non-hydrogen) atoms. The van der Waals surface area contributed by atoms with Crippen LogP contribution in [0.15, 0.2) is 0 Å². The lowest BCUT2D eigenvalue weighted by atomic mass is 10.2. The molecule has 5 nitrogen and oxygen atoms in total. The van der Waals surface area contributed by atoms with Crippen LogP contribution >= 0.6 is 11.8 Å². The Kier molecular flexibility index (Phi) is 2.60. The van der Waals surface area contributed by atoms with Crippen LogP contribution in [0.4, 0.5) is 5.82 Å². The smallest absolute Gasteiger partial charge is 0.328 e. The zero-order chi connectivity index (χ0) is 11.0. The highest BCUT2D eigenvalue weighted by Gasteiger charge is 2.27. The second-order valence-electron chi connectivity index (χ2n) is 3.51. The zero-order valence-corrected chi connectivity index (χ0v) is 9.25. The van der Waals surface area contributed by atoms with Gasteiger partial charge in [-0.25, -0.2) is 9.48 Å². The van der Waals surface area contributed by atoms with Crippen LogP contribution in [-0.2, 0) is 16.3 Å². The van der Waals surface area contributed by atoms with Crippen molar-refractivity contribution in [3.05, 3.63) is 11.3 Å². The van der Waals surface area contributed by atoms with Crippen molar-refractivity contribution >= 4 is 23.5 Å². The number of aromatic nitrogens is 2. The first kappa shape index (κ1) is 10.4. The van der Waals surface area contributed by atoms with Crippen molar-refractivity contribution in [3.63, 3.8) is 0 Å². The number of rotatable bonds is 3. The number of carboxylic acid groups (broad SMARTS) is 1. The van der Waals surface area contributed by atoms with Gasteiger partial charge in [-0.15, -0.1) is 0 Å². The van der Waals surface area contributed by atoms with E-state index in [1.165, 1.54) is 4.68 Å². The van der Waals surface area contributed by atoms with Crippen molar-refractivity contribution in [2.75, 3.05) is 5.73 Å². The van der Waals surface area contributed by atoms with Gasteiger partial charge >= 0.3 is 5.97 Å². The molecule has 0 spiro atoms. The van der Waals surface area contributed by atoms with Crippen LogP contribution in [0.2, 0.25) is 0 Å². The van der Waals surface area contributed by atoms with Crippen molar-refractivity contribution in [2.24, 2.45) is 0 Å². The average molecular weight is 227 g/mol. The third-order valence-electron chi connectivity index (χ3n) is 2.58. The molecular weight excluding hydrogens is 214 g/mol. The summed E-state index contributed by atoms with van der Waals surface area (Å²) in [6.07, 6.45) is 0.493. The molecule has 0 aliphatic carbocycles. The Morgan fingerprint density at radius 1 is 1.73 bits per heavy atom. The van der Waals surface area contributed by atoms with E-state index in [0.29, 0.717) is 12.2 Å². The fourth-order valence-corrected chi connectivity index (χ4v) is 2.79. The van der Waals surface area contributed by atoms with E-state index in [9.17, 15) is 4.79 Å². The predicted octanol–water partition coefficient (Wildman–Crippen LogP) is 1.25. The Balaban J connectivity index is 2.40. The van der Waals surface area contributed by atoms with Crippen LogP contribution < -0.4 is 5.73 Å². The van der Waals surface area contributed by atoms with Crippen LogP contribution in [0.3, 0.4) is 0 Å². The number of hydrogen-bond acceptors (Lipinski definition) is 4. The number of hydrogen-bond donors (Lipinski definition) is 2. The fraction of sp³-hybridized carbons (Fsp3) is 0.556. The number of nitrogen functional groups attached to an aromatic ring is 1. The number of thioether (sulfide) groups is 1. The van der Waals surface area contributed by atoms with Gasteiger partial charge in [0.1, 0.15) is 5.82 Å². The van der Waals surface area contributed by atoms with Gasteiger partial charge in [-0.05, 0) is 6.42 Å². The lowest BCUT2D eigenvalue weighted by Gasteiger charge is -2.12. The summed E-state index contributed by atoms with van der Waals surface area (Å²) in [5, 5.41) is 13.3. The maximum absolute atomic E-state index is 11.0. The van der Waals surface area contributed by atoms with Crippen molar-refractivity contribution in [2.45, 2.75) is 30.9 Å². The standard InChI is InChI=1S/C9H13N3O2S/c1-2-7(9(13)14)12-8(10)5-3-15-4-6(5)11-12/h7H,2-4,10H2,1H3,(H,13,14). The molecule has 1 aliphatic heterocycles. The number of nitrogens with two attached hydrogens (primary N) is 1. The molecule has 6 heteroatoms. The third-order valence-corrected chi connectivity index (χ3v) is 3.56. The van der Waals surface area contributed by atoms with E-state index in [1.807, 2.05) is 6.92 Å². The molecule has 0 amide bonds. The molecule has 0 radical (unpaired) electrons. The summed E-state index contributed by atoms with van der Waals surface area (Å²) in [6, 6.07) is -0.638. The summed E-state index contributed by atoms with van der Waals surface area (Å²) >= 11 is 1.76. The van der Waals surface area contributed by atoms with Crippen LogP contribution in [-0.4, -0.2) is 20.9 Å². The van der Waals surface area contributed by atoms with Gasteiger partial charge in [0.2, 0.25) is 0 Å². The first-order chi connectivity index (χ1) is 7.15. The van der Waals surface area contributed by atoms with E-state index in [0.717, 1.165) is 22.8 Å². The molecule has 2 heterocycles. The van der Waals surface area contributed by atoms with Gasteiger partial charge in [0, 0.05) is 17.1 Å². The van der Waals surface area contributed by atoms with E-state index in [1.54, 1.807) is 11.8 Å². The molecular formula is C9H13N3O2S. The highest BCUT2D eigenvalue weighted by Crippen LogP contribution is 2.34. The lowest BCUT2D eigenvalue weighted by molar-refractivity contribution is -0.141. The third kappa shape index (κ3) is 1.58. The number of carbonyl (C=O) groups is 1. The molecule has 0 fully saturated rings. The number of anilines is 1. The topological polar surface area (TPSA) is 81.1 Å². The SMILES string of the molecule is CCC(C(=O)O)n1nc2c(c1N)CSC2. The molecule has 1 unspecified atom stereocenters. The molecule has 2 rings (SSSR count). The Hall–Kier alpha value is -1.17. The fourth-order valence-electron chi connectivity index (χ4n) is 1.74. The number of aliphatic carboxylic acids is 1. The molecule has 0 saturated heterocycles. The molecule has 3 N–H and O–H groups in total. The minimum absolute atomic E-state index is 0.493. The summed E-state index contributed by atoms with van der Waals surface area (Å²) in [7, 11) is 0. The van der Waals surface area contributed by atoms with Crippen LogP contribution in [0, 0.1) is 0 Å². The largest absolute Gasteiger partial charge is 0.480 e. The highest BCUT2D eigenvalue weighted by molar-refractivity contribution is 7.98. The predicted molar refractivity (Wildman–Crippen MR) is 58.6 cm³/mol. The average Bonchev–Trinajstić information content (AvgIpc) is 2.72. The minimum atomic E-state index is -0.877. The van der Waals surface area contributed by atoms with Crippen molar-refractivity contribution in [1.29, 1.82) is 0 Å². The molecule has 0 saturated carbocycles. The number of carboxylic acids is 1. The summed E-state index contributed by atoms with van der Waals surface area (Å²) in [5.41, 5.74) is 7.85. The first-order valence-corrected chi connectivity index (χ1v) is 5.97. The van der Waals surface area contributed by atoms with E-state index >= 15 is 0 Å². The van der Waals surface area contributed by atoms with E-state index in [2.05, 4.69) is 5.10 Å². The lowest BCUT2D eigenvalue weighted by Crippen LogP contribution is -2.21. The van der Waals surface area contributed by atoms with Crippen LogP contribution in [0.25, 0.3) is 0 Å². The molecule has 1 aromatic rings. The molecule has 1 aliphatic rings. The molecule has 0 aromatic carbocycles. The van der Waals surface area contributed by atoms with Gasteiger partial charge < -0.3 is 10.8 Å². The van der Waals surface area contributed by atoms with Crippen LogP contribution in [0.5, 0.6) is 0 Å². The maximum Gasteiger partial charge on any atom is 0.328 e. The summed E-state index contributed by atoms with van der Waals surface area (Å²) < 4.78 is 1.45. The maximum atomic E-state index is 11.0.